The summed E-state index contributed by atoms with van der Waals surface area (Å²) in [7, 11) is 0. The molecule has 0 bridgehead atoms. The van der Waals surface area contributed by atoms with Crippen LogP contribution in [0, 0.1) is 0 Å². The molecule has 1 N–H and O–H groups in total. The Balaban J connectivity index is 2.27. The Kier molecular flexibility index (Phi) is 4.18. The van der Waals surface area contributed by atoms with Crippen LogP contribution in [0.2, 0.25) is 0 Å². The summed E-state index contributed by atoms with van der Waals surface area (Å²) < 4.78 is 76.3. The quantitative estimate of drug-likeness (QED) is 0.864. The molecule has 0 saturated heterocycles. The summed E-state index contributed by atoms with van der Waals surface area (Å²) in [5.74, 6) is 0. The molecule has 0 radical (unpaired) electrons. The molecule has 126 valence electrons. The molecule has 1 unspecified atom stereocenters. The minimum atomic E-state index is -4.63. The maximum Gasteiger partial charge on any atom is 0.435 e. The lowest BCUT2D eigenvalue weighted by atomic mass is 9.94. The largest absolute Gasteiger partial charge is 0.435 e. The molecule has 1 atom stereocenters. The van der Waals surface area contributed by atoms with Crippen LogP contribution in [-0.4, -0.2) is 14.9 Å². The standard InChI is InChI=1S/C14H12F6N2O/c1-12(23,8-22-6-5-11(21-22)14(18,19)20)9-3-2-4-10(7-9)13(15,16)17/h2-7,23H,8H2,1H3. The second-order valence-corrected chi connectivity index (χ2v) is 5.25. The first-order valence-electron chi connectivity index (χ1n) is 6.40. The van der Waals surface area contributed by atoms with Crippen LogP contribution in [0.4, 0.5) is 26.3 Å². The third-order valence-electron chi connectivity index (χ3n) is 3.21. The molecule has 1 aromatic heterocycles. The van der Waals surface area contributed by atoms with E-state index in [0.717, 1.165) is 35.1 Å². The van der Waals surface area contributed by atoms with Gasteiger partial charge in [-0.3, -0.25) is 4.68 Å². The molecular formula is C14H12F6N2O. The van der Waals surface area contributed by atoms with Crippen molar-refractivity contribution in [1.82, 2.24) is 9.78 Å². The fourth-order valence-electron chi connectivity index (χ4n) is 2.04. The molecular weight excluding hydrogens is 326 g/mol. The summed E-state index contributed by atoms with van der Waals surface area (Å²) in [6, 6.07) is 4.71. The summed E-state index contributed by atoms with van der Waals surface area (Å²) in [6.07, 6.45) is -8.21. The molecule has 0 aliphatic heterocycles. The molecule has 23 heavy (non-hydrogen) atoms. The van der Waals surface area contributed by atoms with E-state index in [1.807, 2.05) is 0 Å². The third-order valence-corrected chi connectivity index (χ3v) is 3.21. The SMILES string of the molecule is CC(O)(Cn1ccc(C(F)(F)F)n1)c1cccc(C(F)(F)F)c1. The van der Waals surface area contributed by atoms with Crippen molar-refractivity contribution < 1.29 is 31.4 Å². The van der Waals surface area contributed by atoms with Crippen LogP contribution in [0.3, 0.4) is 0 Å². The molecule has 0 spiro atoms. The second kappa shape index (κ2) is 5.55. The van der Waals surface area contributed by atoms with Crippen LogP contribution in [0.5, 0.6) is 0 Å². The van der Waals surface area contributed by atoms with Crippen molar-refractivity contribution in [2.24, 2.45) is 0 Å². The van der Waals surface area contributed by atoms with Gasteiger partial charge in [-0.1, -0.05) is 12.1 Å². The molecule has 0 aliphatic rings. The Bertz CT molecular complexity index is 687. The predicted molar refractivity (Wildman–Crippen MR) is 68.2 cm³/mol. The van der Waals surface area contributed by atoms with Crippen molar-refractivity contribution in [1.29, 1.82) is 0 Å². The number of alkyl halides is 6. The summed E-state index contributed by atoms with van der Waals surface area (Å²) in [4.78, 5) is 0. The molecule has 0 saturated carbocycles. The molecule has 2 aromatic rings. The van der Waals surface area contributed by atoms with E-state index in [1.54, 1.807) is 0 Å². The van der Waals surface area contributed by atoms with E-state index >= 15 is 0 Å². The molecule has 1 heterocycles. The Hall–Kier alpha value is -2.03. The lowest BCUT2D eigenvalue weighted by Gasteiger charge is -2.24. The molecule has 3 nitrogen and oxygen atoms in total. The van der Waals surface area contributed by atoms with Gasteiger partial charge in [-0.05, 0) is 30.7 Å². The first-order chi connectivity index (χ1) is 10.4. The Morgan fingerprint density at radius 2 is 1.61 bits per heavy atom. The normalized spacial score (nSPS) is 15.5. The number of halogens is 6. The number of hydrogen-bond acceptors (Lipinski definition) is 2. The van der Waals surface area contributed by atoms with Crippen LogP contribution in [0.1, 0.15) is 23.7 Å². The van der Waals surface area contributed by atoms with Crippen LogP contribution in [0.15, 0.2) is 36.5 Å². The lowest BCUT2D eigenvalue weighted by Crippen LogP contribution is -2.28. The maximum absolute atomic E-state index is 12.7. The van der Waals surface area contributed by atoms with Gasteiger partial charge in [0.05, 0.1) is 12.1 Å². The molecule has 0 fully saturated rings. The average Bonchev–Trinajstić information content (AvgIpc) is 2.85. The fraction of sp³-hybridized carbons (Fsp3) is 0.357. The smallest absolute Gasteiger partial charge is 0.384 e. The third kappa shape index (κ3) is 4.04. The molecule has 0 aliphatic carbocycles. The van der Waals surface area contributed by atoms with Crippen molar-refractivity contribution in [2.45, 2.75) is 31.4 Å². The second-order valence-electron chi connectivity index (χ2n) is 5.25. The highest BCUT2D eigenvalue weighted by Crippen LogP contribution is 2.33. The summed E-state index contributed by atoms with van der Waals surface area (Å²) in [6.45, 7) is 0.780. The zero-order valence-electron chi connectivity index (χ0n) is 11.8. The van der Waals surface area contributed by atoms with Crippen molar-refractivity contribution in [2.75, 3.05) is 0 Å². The lowest BCUT2D eigenvalue weighted by molar-refractivity contribution is -0.142. The first kappa shape index (κ1) is 17.3. The first-order valence-corrected chi connectivity index (χ1v) is 6.40. The summed E-state index contributed by atoms with van der Waals surface area (Å²) in [5, 5.41) is 13.6. The number of rotatable bonds is 3. The van der Waals surface area contributed by atoms with Gasteiger partial charge in [0.2, 0.25) is 0 Å². The van der Waals surface area contributed by atoms with Gasteiger partial charge in [-0.15, -0.1) is 0 Å². The van der Waals surface area contributed by atoms with Crippen molar-refractivity contribution in [3.8, 4) is 0 Å². The highest BCUT2D eigenvalue weighted by molar-refractivity contribution is 5.29. The van der Waals surface area contributed by atoms with Gasteiger partial charge in [0.1, 0.15) is 5.60 Å². The van der Waals surface area contributed by atoms with Gasteiger partial charge in [0, 0.05) is 6.20 Å². The van der Waals surface area contributed by atoms with Gasteiger partial charge in [-0.25, -0.2) is 0 Å². The van der Waals surface area contributed by atoms with Crippen molar-refractivity contribution >= 4 is 0 Å². The average molecular weight is 338 g/mol. The van der Waals surface area contributed by atoms with E-state index in [0.29, 0.717) is 0 Å². The van der Waals surface area contributed by atoms with Gasteiger partial charge < -0.3 is 5.11 Å². The fourth-order valence-corrected chi connectivity index (χ4v) is 2.04. The van der Waals surface area contributed by atoms with E-state index in [2.05, 4.69) is 5.10 Å². The monoisotopic (exact) mass is 338 g/mol. The van der Waals surface area contributed by atoms with E-state index in [4.69, 9.17) is 0 Å². The van der Waals surface area contributed by atoms with Crippen LogP contribution in [0.25, 0.3) is 0 Å². The Morgan fingerprint density at radius 3 is 2.13 bits per heavy atom. The Morgan fingerprint density at radius 1 is 1.00 bits per heavy atom. The number of benzene rings is 1. The zero-order chi connectivity index (χ0) is 17.5. The summed E-state index contributed by atoms with van der Waals surface area (Å²) >= 11 is 0. The minimum absolute atomic E-state index is 0.0728. The van der Waals surface area contributed by atoms with E-state index in [-0.39, 0.29) is 5.56 Å². The van der Waals surface area contributed by atoms with Crippen molar-refractivity contribution in [3.05, 3.63) is 53.3 Å². The highest BCUT2D eigenvalue weighted by atomic mass is 19.4. The van der Waals surface area contributed by atoms with Crippen LogP contribution in [-0.2, 0) is 24.5 Å². The predicted octanol–water partition coefficient (Wildman–Crippen LogP) is 3.83. The van der Waals surface area contributed by atoms with E-state index in [1.165, 1.54) is 13.0 Å². The molecule has 2 rings (SSSR count). The number of hydrogen-bond donors (Lipinski definition) is 1. The van der Waals surface area contributed by atoms with Gasteiger partial charge in [0.25, 0.3) is 0 Å². The van der Waals surface area contributed by atoms with Crippen LogP contribution < -0.4 is 0 Å². The molecule has 1 aromatic carbocycles. The molecule has 0 amide bonds. The highest BCUT2D eigenvalue weighted by Gasteiger charge is 2.35. The topological polar surface area (TPSA) is 38.0 Å². The summed E-state index contributed by atoms with van der Waals surface area (Å²) in [5.41, 5.74) is -3.99. The number of aliphatic hydroxyl groups is 1. The number of aromatic nitrogens is 2. The maximum atomic E-state index is 12.7. The zero-order valence-corrected chi connectivity index (χ0v) is 11.8. The minimum Gasteiger partial charge on any atom is -0.384 e. The van der Waals surface area contributed by atoms with E-state index < -0.39 is 35.8 Å². The Labute approximate surface area is 127 Å². The van der Waals surface area contributed by atoms with Gasteiger partial charge in [0.15, 0.2) is 5.69 Å². The number of nitrogens with zero attached hydrogens (tertiary/aromatic N) is 2. The van der Waals surface area contributed by atoms with Gasteiger partial charge in [-0.2, -0.15) is 31.4 Å². The molecule has 9 heteroatoms. The van der Waals surface area contributed by atoms with Crippen molar-refractivity contribution in [3.63, 3.8) is 0 Å². The van der Waals surface area contributed by atoms with Gasteiger partial charge >= 0.3 is 12.4 Å². The van der Waals surface area contributed by atoms with E-state index in [9.17, 15) is 31.4 Å². The van der Waals surface area contributed by atoms with Crippen LogP contribution >= 0.6 is 0 Å².